The smallest absolute Gasteiger partial charge is 0.185 e. The third-order valence-electron chi connectivity index (χ3n) is 3.20. The monoisotopic (exact) mass is 232 g/mol. The van der Waals surface area contributed by atoms with E-state index in [0.29, 0.717) is 5.92 Å². The van der Waals surface area contributed by atoms with Crippen molar-refractivity contribution in [1.82, 2.24) is 5.32 Å². The van der Waals surface area contributed by atoms with Gasteiger partial charge in [0.25, 0.3) is 0 Å². The van der Waals surface area contributed by atoms with Crippen molar-refractivity contribution in [2.75, 3.05) is 13.6 Å². The van der Waals surface area contributed by atoms with Crippen molar-refractivity contribution >= 4 is 5.96 Å². The number of guanidine groups is 1. The molecule has 1 aliphatic rings. The van der Waals surface area contributed by atoms with Crippen molar-refractivity contribution in [2.45, 2.75) is 19.4 Å². The number of benzene rings is 1. The largest absolute Gasteiger partial charge is 0.370 e. The lowest BCUT2D eigenvalue weighted by Gasteiger charge is -2.04. The Morgan fingerprint density at radius 2 is 2.12 bits per heavy atom. The van der Waals surface area contributed by atoms with E-state index in [1.807, 2.05) is 7.05 Å². The van der Waals surface area contributed by atoms with Crippen LogP contribution in [0.3, 0.4) is 0 Å². The average Bonchev–Trinajstić information content (AvgIpc) is 2.69. The van der Waals surface area contributed by atoms with Crippen LogP contribution in [0, 0.1) is 5.92 Å². The van der Waals surface area contributed by atoms with Crippen molar-refractivity contribution in [3.05, 3.63) is 34.9 Å². The molecule has 0 spiro atoms. The Morgan fingerprint density at radius 3 is 2.82 bits per heavy atom. The van der Waals surface area contributed by atoms with Crippen molar-refractivity contribution in [2.24, 2.45) is 22.4 Å². The maximum absolute atomic E-state index is 5.36. The van der Waals surface area contributed by atoms with Gasteiger partial charge in [-0.05, 0) is 42.5 Å². The number of hydrogen-bond donors (Lipinski definition) is 3. The first-order valence-electron chi connectivity index (χ1n) is 5.99. The maximum Gasteiger partial charge on any atom is 0.185 e. The molecule has 0 heterocycles. The maximum atomic E-state index is 5.36. The molecule has 2 rings (SSSR count). The lowest BCUT2D eigenvalue weighted by Crippen LogP contribution is -2.24. The molecular formula is C13H20N4. The molecule has 0 aromatic heterocycles. The fourth-order valence-corrected chi connectivity index (χ4v) is 2.44. The van der Waals surface area contributed by atoms with Gasteiger partial charge in [0.05, 0.1) is 0 Å². The summed E-state index contributed by atoms with van der Waals surface area (Å²) in [6.45, 7) is 1.66. The third kappa shape index (κ3) is 2.97. The number of hydrogen-bond acceptors (Lipinski definition) is 2. The minimum atomic E-state index is 0.192. The molecule has 0 fully saturated rings. The number of nitrogens with zero attached hydrogens (tertiary/aromatic N) is 1. The summed E-state index contributed by atoms with van der Waals surface area (Å²) in [6.07, 6.45) is 2.18. The zero-order valence-electron chi connectivity index (χ0n) is 10.2. The second-order valence-electron chi connectivity index (χ2n) is 4.67. The Kier molecular flexibility index (Phi) is 3.64. The van der Waals surface area contributed by atoms with Gasteiger partial charge < -0.3 is 16.8 Å². The van der Waals surface area contributed by atoms with Gasteiger partial charge in [0, 0.05) is 13.1 Å². The van der Waals surface area contributed by atoms with E-state index in [1.54, 1.807) is 0 Å². The van der Waals surface area contributed by atoms with Crippen molar-refractivity contribution in [3.63, 3.8) is 0 Å². The molecule has 4 nitrogen and oxygen atoms in total. The van der Waals surface area contributed by atoms with Crippen LogP contribution in [0.15, 0.2) is 23.2 Å². The minimum absolute atomic E-state index is 0.192. The molecule has 92 valence electrons. The first kappa shape index (κ1) is 11.9. The highest BCUT2D eigenvalue weighted by Gasteiger charge is 2.21. The molecule has 1 atom stereocenters. The fourth-order valence-electron chi connectivity index (χ4n) is 2.44. The van der Waals surface area contributed by atoms with Gasteiger partial charge in [0.15, 0.2) is 5.96 Å². The van der Waals surface area contributed by atoms with Gasteiger partial charge in [-0.25, -0.2) is 0 Å². The van der Waals surface area contributed by atoms with Gasteiger partial charge >= 0.3 is 0 Å². The van der Waals surface area contributed by atoms with Crippen molar-refractivity contribution < 1.29 is 0 Å². The summed E-state index contributed by atoms with van der Waals surface area (Å²) in [7, 11) is 1.97. The highest BCUT2D eigenvalue weighted by Crippen LogP contribution is 2.27. The van der Waals surface area contributed by atoms with E-state index < -0.39 is 0 Å². The second-order valence-corrected chi connectivity index (χ2v) is 4.67. The van der Waals surface area contributed by atoms with Crippen LogP contribution < -0.4 is 16.8 Å². The summed E-state index contributed by atoms with van der Waals surface area (Å²) < 4.78 is 0. The molecule has 1 aliphatic carbocycles. The average molecular weight is 232 g/mol. The van der Waals surface area contributed by atoms with Gasteiger partial charge in [-0.15, -0.1) is 0 Å². The number of aliphatic imine (C=N–C) groups is 1. The summed E-state index contributed by atoms with van der Waals surface area (Å²) in [6, 6.07) is 6.72. The highest BCUT2D eigenvalue weighted by molar-refractivity contribution is 5.75. The quantitative estimate of drug-likeness (QED) is 0.519. The molecule has 1 aromatic rings. The van der Waals surface area contributed by atoms with Crippen LogP contribution in [-0.2, 0) is 19.4 Å². The van der Waals surface area contributed by atoms with Gasteiger partial charge in [-0.2, -0.15) is 0 Å². The molecule has 17 heavy (non-hydrogen) atoms. The normalized spacial score (nSPS) is 17.8. The lowest BCUT2D eigenvalue weighted by atomic mass is 10.1. The van der Waals surface area contributed by atoms with Crippen molar-refractivity contribution in [1.29, 1.82) is 0 Å². The predicted molar refractivity (Wildman–Crippen MR) is 70.8 cm³/mol. The topological polar surface area (TPSA) is 76.4 Å². The SMILES string of the molecule is CNCc1ccc2c(c1)C[C@@H](CN=C(N)N)C2. The van der Waals surface area contributed by atoms with Crippen LogP contribution in [0.2, 0.25) is 0 Å². The molecule has 4 heteroatoms. The number of fused-ring (bicyclic) bond motifs is 1. The number of rotatable bonds is 4. The first-order chi connectivity index (χ1) is 8.19. The summed E-state index contributed by atoms with van der Waals surface area (Å²) in [5.74, 6) is 0.744. The van der Waals surface area contributed by atoms with E-state index in [1.165, 1.54) is 16.7 Å². The molecule has 0 radical (unpaired) electrons. The Bertz CT molecular complexity index is 421. The molecule has 0 unspecified atom stereocenters. The molecule has 0 bridgehead atoms. The second kappa shape index (κ2) is 5.19. The van der Waals surface area contributed by atoms with Crippen LogP contribution in [-0.4, -0.2) is 19.6 Å². The van der Waals surface area contributed by atoms with E-state index in [9.17, 15) is 0 Å². The van der Waals surface area contributed by atoms with E-state index in [-0.39, 0.29) is 5.96 Å². The molecular weight excluding hydrogens is 212 g/mol. The molecule has 0 amide bonds. The first-order valence-corrected chi connectivity index (χ1v) is 5.99. The Labute approximate surface area is 102 Å². The van der Waals surface area contributed by atoms with Gasteiger partial charge in [0.2, 0.25) is 0 Å². The Hall–Kier alpha value is -1.55. The van der Waals surface area contributed by atoms with Crippen LogP contribution in [0.1, 0.15) is 16.7 Å². The zero-order valence-corrected chi connectivity index (χ0v) is 10.2. The van der Waals surface area contributed by atoms with Crippen LogP contribution in [0.4, 0.5) is 0 Å². The molecule has 0 aliphatic heterocycles. The van der Waals surface area contributed by atoms with Gasteiger partial charge in [0.1, 0.15) is 0 Å². The van der Waals surface area contributed by atoms with E-state index >= 15 is 0 Å². The number of nitrogens with one attached hydrogen (secondary N) is 1. The summed E-state index contributed by atoms with van der Waals surface area (Å²) in [5, 5.41) is 3.17. The van der Waals surface area contributed by atoms with Crippen LogP contribution in [0.25, 0.3) is 0 Å². The molecule has 0 saturated carbocycles. The van der Waals surface area contributed by atoms with Crippen LogP contribution in [0.5, 0.6) is 0 Å². The fraction of sp³-hybridized carbons (Fsp3) is 0.462. The minimum Gasteiger partial charge on any atom is -0.370 e. The Balaban J connectivity index is 2.03. The summed E-state index contributed by atoms with van der Waals surface area (Å²) >= 11 is 0. The standard InChI is InChI=1S/C13H20N4/c1-16-7-9-2-3-11-5-10(6-12(11)4-9)8-17-13(14)15/h2-4,10,16H,5-8H2,1H3,(H4,14,15,17)/t10-/m0/s1. The lowest BCUT2D eigenvalue weighted by molar-refractivity contribution is 0.576. The van der Waals surface area contributed by atoms with Gasteiger partial charge in [-0.1, -0.05) is 18.2 Å². The third-order valence-corrected chi connectivity index (χ3v) is 3.20. The zero-order chi connectivity index (χ0) is 12.3. The Morgan fingerprint density at radius 1 is 1.35 bits per heavy atom. The molecule has 0 saturated heterocycles. The summed E-state index contributed by atoms with van der Waals surface area (Å²) in [5.41, 5.74) is 15.0. The van der Waals surface area contributed by atoms with Crippen molar-refractivity contribution in [3.8, 4) is 0 Å². The van der Waals surface area contributed by atoms with E-state index in [4.69, 9.17) is 11.5 Å². The van der Waals surface area contributed by atoms with E-state index in [2.05, 4.69) is 28.5 Å². The molecule has 5 N–H and O–H groups in total. The van der Waals surface area contributed by atoms with E-state index in [0.717, 1.165) is 25.9 Å². The number of nitrogens with two attached hydrogens (primary N) is 2. The van der Waals surface area contributed by atoms with Crippen LogP contribution >= 0.6 is 0 Å². The predicted octanol–water partition coefficient (Wildman–Crippen LogP) is 0.394. The molecule has 1 aromatic carbocycles. The highest BCUT2D eigenvalue weighted by atomic mass is 15.0. The summed E-state index contributed by atoms with van der Waals surface area (Å²) in [4.78, 5) is 4.11. The van der Waals surface area contributed by atoms with Gasteiger partial charge in [-0.3, -0.25) is 4.99 Å².